The molecule has 0 aliphatic rings. The van der Waals surface area contributed by atoms with E-state index in [1.165, 1.54) is 26.0 Å². The second kappa shape index (κ2) is 16.9. The fraction of sp³-hybridized carbons (Fsp3) is 0.375. The predicted molar refractivity (Wildman–Crippen MR) is 163 cm³/mol. The van der Waals surface area contributed by atoms with Crippen LogP contribution in [0.2, 0.25) is 0 Å². The van der Waals surface area contributed by atoms with Gasteiger partial charge in [0.1, 0.15) is 18.4 Å². The number of amides is 2. The Morgan fingerprint density at radius 1 is 0.886 bits per heavy atom. The molecular formula is C32H39F2N2O7P. The molecule has 0 fully saturated rings. The Morgan fingerprint density at radius 2 is 1.52 bits per heavy atom. The van der Waals surface area contributed by atoms with Crippen LogP contribution in [0, 0.1) is 6.92 Å². The van der Waals surface area contributed by atoms with Crippen molar-refractivity contribution in [2.45, 2.75) is 51.9 Å². The van der Waals surface area contributed by atoms with Crippen molar-refractivity contribution in [1.29, 1.82) is 0 Å². The quantitative estimate of drug-likeness (QED) is 0.125. The van der Waals surface area contributed by atoms with Gasteiger partial charge in [0.05, 0.1) is 19.8 Å². The van der Waals surface area contributed by atoms with E-state index in [4.69, 9.17) is 18.5 Å². The van der Waals surface area contributed by atoms with Gasteiger partial charge in [-0.1, -0.05) is 72.3 Å². The highest BCUT2D eigenvalue weighted by Gasteiger charge is 2.54. The van der Waals surface area contributed by atoms with E-state index in [0.29, 0.717) is 18.6 Å². The molecule has 0 bridgehead atoms. The Labute approximate surface area is 256 Å². The van der Waals surface area contributed by atoms with Gasteiger partial charge in [-0.25, -0.2) is 4.79 Å². The second-order valence-corrected chi connectivity index (χ2v) is 11.9. The molecule has 12 heteroatoms. The Balaban J connectivity index is 1.65. The van der Waals surface area contributed by atoms with Crippen LogP contribution in [0.25, 0.3) is 0 Å². The highest BCUT2D eigenvalue weighted by Crippen LogP contribution is 2.66. The second-order valence-electron chi connectivity index (χ2n) is 9.84. The van der Waals surface area contributed by atoms with Gasteiger partial charge in [0.2, 0.25) is 5.91 Å². The van der Waals surface area contributed by atoms with Crippen LogP contribution in [0.1, 0.15) is 42.5 Å². The minimum absolute atomic E-state index is 0.000853. The van der Waals surface area contributed by atoms with Crippen molar-refractivity contribution < 1.29 is 41.5 Å². The molecule has 44 heavy (non-hydrogen) atoms. The zero-order chi connectivity index (χ0) is 32.0. The first-order valence-corrected chi connectivity index (χ1v) is 15.9. The number of carbonyl (C=O) groups is 2. The molecule has 0 radical (unpaired) electrons. The SMILES string of the molecule is CCOP(=O)(OCC)C(F)(F)c1ccc(C[C@H](NC(=O)OCc2ccccc2)C(=O)NCCCOc2ccc(C)cc2)cc1. The molecule has 9 nitrogen and oxygen atoms in total. The van der Waals surface area contributed by atoms with E-state index < -0.39 is 36.9 Å². The van der Waals surface area contributed by atoms with Crippen molar-refractivity contribution in [1.82, 2.24) is 10.6 Å². The summed E-state index contributed by atoms with van der Waals surface area (Å²) in [6, 6.07) is 20.5. The first-order chi connectivity index (χ1) is 21.1. The number of alkyl halides is 2. The van der Waals surface area contributed by atoms with Gasteiger partial charge in [-0.15, -0.1) is 0 Å². The molecule has 0 heterocycles. The van der Waals surface area contributed by atoms with E-state index in [0.717, 1.165) is 29.0 Å². The van der Waals surface area contributed by atoms with Crippen molar-refractivity contribution in [3.05, 3.63) is 101 Å². The number of alkyl carbamates (subject to hydrolysis) is 1. The number of ether oxygens (including phenoxy) is 2. The Bertz CT molecular complexity index is 1360. The van der Waals surface area contributed by atoms with Crippen LogP contribution >= 0.6 is 7.60 Å². The Kier molecular flexibility index (Phi) is 13.3. The molecule has 0 saturated carbocycles. The first kappa shape index (κ1) is 34.7. The lowest BCUT2D eigenvalue weighted by Gasteiger charge is -2.26. The number of rotatable bonds is 17. The highest BCUT2D eigenvalue weighted by atomic mass is 31.2. The third kappa shape index (κ3) is 10.1. The van der Waals surface area contributed by atoms with Crippen LogP contribution < -0.4 is 15.4 Å². The molecule has 3 aromatic carbocycles. The number of hydrogen-bond donors (Lipinski definition) is 2. The molecule has 0 saturated heterocycles. The molecular weight excluding hydrogens is 593 g/mol. The van der Waals surface area contributed by atoms with Gasteiger partial charge in [-0.05, 0) is 50.5 Å². The normalized spacial score (nSPS) is 12.3. The summed E-state index contributed by atoms with van der Waals surface area (Å²) in [5, 5.41) is 5.36. The molecule has 3 rings (SSSR count). The van der Waals surface area contributed by atoms with Crippen LogP contribution in [-0.2, 0) is 41.8 Å². The van der Waals surface area contributed by atoms with Gasteiger partial charge in [0, 0.05) is 18.5 Å². The molecule has 0 aromatic heterocycles. The van der Waals surface area contributed by atoms with Crippen LogP contribution in [0.4, 0.5) is 13.6 Å². The standard InChI is InChI=1S/C32H39F2N2O7P/c1-4-42-44(39,43-5-2)32(33,34)27-16-14-25(15-17-27)22-29(36-31(38)41-23-26-10-7-6-8-11-26)30(37)35-20-9-21-40-28-18-12-24(3)13-19-28/h6-8,10-19,29H,4-5,9,20-23H2,1-3H3,(H,35,37)(H,36,38)/t29-/m0/s1. The fourth-order valence-corrected chi connectivity index (χ4v) is 5.67. The van der Waals surface area contributed by atoms with E-state index in [1.54, 1.807) is 12.1 Å². The van der Waals surface area contributed by atoms with Crippen molar-refractivity contribution in [2.75, 3.05) is 26.4 Å². The summed E-state index contributed by atoms with van der Waals surface area (Å²) in [6.45, 7) is 5.09. The molecule has 2 amide bonds. The fourth-order valence-electron chi connectivity index (χ4n) is 4.12. The maximum absolute atomic E-state index is 15.2. The third-order valence-electron chi connectivity index (χ3n) is 6.41. The summed E-state index contributed by atoms with van der Waals surface area (Å²) in [7, 11) is -4.78. The van der Waals surface area contributed by atoms with Gasteiger partial charge in [0.15, 0.2) is 0 Å². The van der Waals surface area contributed by atoms with Crippen molar-refractivity contribution in [3.63, 3.8) is 0 Å². The van der Waals surface area contributed by atoms with Crippen LogP contribution in [0.3, 0.4) is 0 Å². The third-order valence-corrected chi connectivity index (χ3v) is 8.56. The minimum Gasteiger partial charge on any atom is -0.494 e. The number of halogens is 2. The summed E-state index contributed by atoms with van der Waals surface area (Å²) in [5.74, 6) is 0.235. The monoisotopic (exact) mass is 632 g/mol. The van der Waals surface area contributed by atoms with Crippen LogP contribution in [0.15, 0.2) is 78.9 Å². The molecule has 0 spiro atoms. The summed E-state index contributed by atoms with van der Waals surface area (Å²) in [5.41, 5.74) is -2.10. The van der Waals surface area contributed by atoms with E-state index in [9.17, 15) is 14.2 Å². The molecule has 3 aromatic rings. The maximum Gasteiger partial charge on any atom is 0.408 e. The summed E-state index contributed by atoms with van der Waals surface area (Å²) in [4.78, 5) is 25.7. The van der Waals surface area contributed by atoms with Gasteiger partial charge in [0.25, 0.3) is 0 Å². The number of benzene rings is 3. The molecule has 1 atom stereocenters. The van der Waals surface area contributed by atoms with Crippen LogP contribution in [-0.4, -0.2) is 44.4 Å². The van der Waals surface area contributed by atoms with E-state index in [1.807, 2.05) is 49.4 Å². The summed E-state index contributed by atoms with van der Waals surface area (Å²) >= 11 is 0. The van der Waals surface area contributed by atoms with E-state index >= 15 is 8.78 Å². The van der Waals surface area contributed by atoms with Gasteiger partial charge >= 0.3 is 19.4 Å². The average Bonchev–Trinajstić information content (AvgIpc) is 3.01. The van der Waals surface area contributed by atoms with Crippen LogP contribution in [0.5, 0.6) is 5.75 Å². The van der Waals surface area contributed by atoms with Gasteiger partial charge in [-0.2, -0.15) is 8.78 Å². The Morgan fingerprint density at radius 3 is 2.14 bits per heavy atom. The summed E-state index contributed by atoms with van der Waals surface area (Å²) < 4.78 is 63.8. The van der Waals surface area contributed by atoms with Crippen molar-refractivity contribution in [3.8, 4) is 5.75 Å². The van der Waals surface area contributed by atoms with Crippen molar-refractivity contribution >= 4 is 19.6 Å². The zero-order valence-electron chi connectivity index (χ0n) is 25.1. The number of nitrogens with one attached hydrogen (secondary N) is 2. The van der Waals surface area contributed by atoms with Gasteiger partial charge in [-0.3, -0.25) is 9.36 Å². The van der Waals surface area contributed by atoms with E-state index in [2.05, 4.69) is 10.6 Å². The highest BCUT2D eigenvalue weighted by molar-refractivity contribution is 7.54. The lowest BCUT2D eigenvalue weighted by molar-refractivity contribution is -0.123. The number of hydrogen-bond acceptors (Lipinski definition) is 7. The predicted octanol–water partition coefficient (Wildman–Crippen LogP) is 6.73. The van der Waals surface area contributed by atoms with Gasteiger partial charge < -0.3 is 29.2 Å². The largest absolute Gasteiger partial charge is 0.494 e. The topological polar surface area (TPSA) is 112 Å². The van der Waals surface area contributed by atoms with Crippen molar-refractivity contribution in [2.24, 2.45) is 0 Å². The first-order valence-electron chi connectivity index (χ1n) is 14.4. The average molecular weight is 633 g/mol. The summed E-state index contributed by atoms with van der Waals surface area (Å²) in [6.07, 6.45) is -0.324. The minimum atomic E-state index is -4.78. The van der Waals surface area contributed by atoms with E-state index in [-0.39, 0.29) is 32.8 Å². The smallest absolute Gasteiger partial charge is 0.408 e. The molecule has 2 N–H and O–H groups in total. The number of aryl methyl sites for hydroxylation is 1. The number of carbonyl (C=O) groups excluding carboxylic acids is 2. The molecule has 0 unspecified atom stereocenters. The lowest BCUT2D eigenvalue weighted by atomic mass is 10.0. The zero-order valence-corrected chi connectivity index (χ0v) is 26.0. The maximum atomic E-state index is 15.2. The molecule has 238 valence electrons. The molecule has 0 aliphatic heterocycles. The lowest BCUT2D eigenvalue weighted by Crippen LogP contribution is -2.48. The molecule has 0 aliphatic carbocycles. The Hall–Kier alpha value is -3.79.